The van der Waals surface area contributed by atoms with Crippen LogP contribution in [0.4, 0.5) is 0 Å². The first-order chi connectivity index (χ1) is 7.72. The zero-order chi connectivity index (χ0) is 11.5. The zero-order valence-corrected chi connectivity index (χ0v) is 10.3. The van der Waals surface area contributed by atoms with E-state index in [1.165, 1.54) is 19.3 Å². The van der Waals surface area contributed by atoms with Gasteiger partial charge in [0.2, 0.25) is 0 Å². The summed E-state index contributed by atoms with van der Waals surface area (Å²) in [7, 11) is 0. The van der Waals surface area contributed by atoms with Gasteiger partial charge >= 0.3 is 0 Å². The average molecular weight is 222 g/mol. The highest BCUT2D eigenvalue weighted by Crippen LogP contribution is 2.39. The second kappa shape index (κ2) is 5.05. The molecule has 0 radical (unpaired) electrons. The van der Waals surface area contributed by atoms with Crippen molar-refractivity contribution in [3.63, 3.8) is 0 Å². The normalized spacial score (nSPS) is 27.9. The van der Waals surface area contributed by atoms with Gasteiger partial charge in [0.25, 0.3) is 0 Å². The molecule has 1 aliphatic carbocycles. The molecule has 0 aromatic carbocycles. The number of aryl methyl sites for hydroxylation is 1. The highest BCUT2D eigenvalue weighted by molar-refractivity contribution is 5.17. The van der Waals surface area contributed by atoms with Crippen molar-refractivity contribution in [3.8, 4) is 0 Å². The van der Waals surface area contributed by atoms with Crippen LogP contribution in [0.3, 0.4) is 0 Å². The molecule has 0 saturated heterocycles. The Morgan fingerprint density at radius 2 is 2.31 bits per heavy atom. The molecule has 2 nitrogen and oxygen atoms in total. The van der Waals surface area contributed by atoms with Gasteiger partial charge in [0.15, 0.2) is 0 Å². The van der Waals surface area contributed by atoms with Gasteiger partial charge in [0.05, 0.1) is 6.26 Å². The van der Waals surface area contributed by atoms with Crippen LogP contribution >= 0.6 is 0 Å². The van der Waals surface area contributed by atoms with Crippen LogP contribution < -0.4 is 0 Å². The van der Waals surface area contributed by atoms with E-state index >= 15 is 0 Å². The third kappa shape index (κ3) is 2.32. The molecule has 2 heteroatoms. The summed E-state index contributed by atoms with van der Waals surface area (Å²) in [5.74, 6) is 1.97. The molecular formula is C14H22O2. The van der Waals surface area contributed by atoms with Crippen LogP contribution in [0.15, 0.2) is 16.7 Å². The summed E-state index contributed by atoms with van der Waals surface area (Å²) in [4.78, 5) is 0. The van der Waals surface area contributed by atoms with Gasteiger partial charge in [-0.1, -0.05) is 26.2 Å². The van der Waals surface area contributed by atoms with Crippen molar-refractivity contribution >= 4 is 0 Å². The minimum absolute atomic E-state index is 0.392. The van der Waals surface area contributed by atoms with Crippen molar-refractivity contribution in [2.75, 3.05) is 0 Å². The number of furan rings is 1. The number of aliphatic hydroxyl groups is 1. The molecule has 90 valence electrons. The van der Waals surface area contributed by atoms with E-state index in [0.29, 0.717) is 5.92 Å². The monoisotopic (exact) mass is 222 g/mol. The van der Waals surface area contributed by atoms with E-state index in [9.17, 15) is 5.11 Å². The topological polar surface area (TPSA) is 33.4 Å². The Bertz CT molecular complexity index is 329. The molecule has 3 unspecified atom stereocenters. The summed E-state index contributed by atoms with van der Waals surface area (Å²) < 4.78 is 5.40. The first-order valence-corrected chi connectivity index (χ1v) is 6.44. The minimum Gasteiger partial charge on any atom is -0.466 e. The van der Waals surface area contributed by atoms with Crippen molar-refractivity contribution in [2.24, 2.45) is 11.8 Å². The zero-order valence-electron chi connectivity index (χ0n) is 10.3. The molecule has 16 heavy (non-hydrogen) atoms. The summed E-state index contributed by atoms with van der Waals surface area (Å²) in [6.07, 6.45) is 7.38. The lowest BCUT2D eigenvalue weighted by Crippen LogP contribution is -2.21. The summed E-state index contributed by atoms with van der Waals surface area (Å²) in [5.41, 5.74) is 1.08. The molecule has 1 aromatic rings. The Balaban J connectivity index is 2.04. The number of rotatable bonds is 3. The van der Waals surface area contributed by atoms with Crippen LogP contribution in [0.5, 0.6) is 0 Å². The largest absolute Gasteiger partial charge is 0.466 e. The van der Waals surface area contributed by atoms with Crippen LogP contribution in [0.1, 0.15) is 56.5 Å². The van der Waals surface area contributed by atoms with Crippen molar-refractivity contribution in [1.82, 2.24) is 0 Å². The summed E-state index contributed by atoms with van der Waals surface area (Å²) in [5, 5.41) is 10.3. The van der Waals surface area contributed by atoms with Gasteiger partial charge in [-0.3, -0.25) is 0 Å². The predicted molar refractivity (Wildman–Crippen MR) is 64.1 cm³/mol. The van der Waals surface area contributed by atoms with E-state index in [4.69, 9.17) is 4.42 Å². The molecule has 1 aliphatic rings. The summed E-state index contributed by atoms with van der Waals surface area (Å²) in [6.45, 7) is 4.25. The van der Waals surface area contributed by atoms with E-state index < -0.39 is 6.10 Å². The fourth-order valence-electron chi connectivity index (χ4n) is 2.89. The van der Waals surface area contributed by atoms with Gasteiger partial charge in [-0.15, -0.1) is 0 Å². The Labute approximate surface area is 97.7 Å². The third-order valence-electron chi connectivity index (χ3n) is 4.02. The maximum atomic E-state index is 10.3. The standard InChI is InChI=1S/C14H22O2/c1-3-11-5-4-6-12(9-11)13(15)14-10(2)7-8-16-14/h7-8,11-13,15H,3-6,9H2,1-2H3. The molecule has 0 spiro atoms. The van der Waals surface area contributed by atoms with Crippen molar-refractivity contribution < 1.29 is 9.52 Å². The van der Waals surface area contributed by atoms with E-state index in [-0.39, 0.29) is 0 Å². The number of aliphatic hydroxyl groups excluding tert-OH is 1. The first-order valence-electron chi connectivity index (χ1n) is 6.44. The maximum Gasteiger partial charge on any atom is 0.135 e. The number of hydrogen-bond donors (Lipinski definition) is 1. The maximum absolute atomic E-state index is 10.3. The van der Waals surface area contributed by atoms with Gasteiger partial charge < -0.3 is 9.52 Å². The average Bonchev–Trinajstić information content (AvgIpc) is 2.74. The highest BCUT2D eigenvalue weighted by atomic mass is 16.4. The van der Waals surface area contributed by atoms with Gasteiger partial charge in [-0.25, -0.2) is 0 Å². The Hall–Kier alpha value is -0.760. The van der Waals surface area contributed by atoms with Crippen molar-refractivity contribution in [2.45, 2.75) is 52.1 Å². The van der Waals surface area contributed by atoms with Crippen LogP contribution in [-0.4, -0.2) is 5.11 Å². The third-order valence-corrected chi connectivity index (χ3v) is 4.02. The smallest absolute Gasteiger partial charge is 0.135 e. The lowest BCUT2D eigenvalue weighted by atomic mass is 9.77. The Kier molecular flexibility index (Phi) is 3.70. The van der Waals surface area contributed by atoms with Crippen LogP contribution in [0, 0.1) is 18.8 Å². The molecule has 0 aliphatic heterocycles. The Morgan fingerprint density at radius 3 is 2.94 bits per heavy atom. The fraction of sp³-hybridized carbons (Fsp3) is 0.714. The second-order valence-electron chi connectivity index (χ2n) is 5.11. The molecule has 1 saturated carbocycles. The van der Waals surface area contributed by atoms with Crippen LogP contribution in [0.25, 0.3) is 0 Å². The molecule has 3 atom stereocenters. The molecule has 1 aromatic heterocycles. The lowest BCUT2D eigenvalue weighted by molar-refractivity contribution is 0.0501. The molecule has 0 amide bonds. The lowest BCUT2D eigenvalue weighted by Gasteiger charge is -2.31. The predicted octanol–water partition coefficient (Wildman–Crippen LogP) is 3.84. The minimum atomic E-state index is -0.399. The van der Waals surface area contributed by atoms with Crippen LogP contribution in [0.2, 0.25) is 0 Å². The molecule has 2 rings (SSSR count). The van der Waals surface area contributed by atoms with E-state index in [1.807, 2.05) is 13.0 Å². The van der Waals surface area contributed by atoms with E-state index in [2.05, 4.69) is 6.92 Å². The molecule has 1 N–H and O–H groups in total. The van der Waals surface area contributed by atoms with Crippen molar-refractivity contribution in [1.29, 1.82) is 0 Å². The van der Waals surface area contributed by atoms with E-state index in [0.717, 1.165) is 30.1 Å². The SMILES string of the molecule is CCC1CCCC(C(O)c2occc2C)C1. The second-order valence-corrected chi connectivity index (χ2v) is 5.11. The van der Waals surface area contributed by atoms with E-state index in [1.54, 1.807) is 6.26 Å². The number of hydrogen-bond acceptors (Lipinski definition) is 2. The summed E-state index contributed by atoms with van der Waals surface area (Å²) in [6, 6.07) is 1.93. The Morgan fingerprint density at radius 1 is 1.50 bits per heavy atom. The van der Waals surface area contributed by atoms with Crippen LogP contribution in [-0.2, 0) is 0 Å². The quantitative estimate of drug-likeness (QED) is 0.843. The highest BCUT2D eigenvalue weighted by Gasteiger charge is 2.29. The van der Waals surface area contributed by atoms with Gasteiger partial charge in [-0.05, 0) is 43.2 Å². The van der Waals surface area contributed by atoms with Gasteiger partial charge in [0, 0.05) is 0 Å². The van der Waals surface area contributed by atoms with Crippen molar-refractivity contribution in [3.05, 3.63) is 23.7 Å². The first kappa shape index (κ1) is 11.7. The molecule has 1 heterocycles. The molecule has 1 fully saturated rings. The van der Waals surface area contributed by atoms with Gasteiger partial charge in [0.1, 0.15) is 11.9 Å². The summed E-state index contributed by atoms with van der Waals surface area (Å²) >= 11 is 0. The molecular weight excluding hydrogens is 200 g/mol. The molecule has 0 bridgehead atoms. The fourth-order valence-corrected chi connectivity index (χ4v) is 2.89. The van der Waals surface area contributed by atoms with Gasteiger partial charge in [-0.2, -0.15) is 0 Å².